The van der Waals surface area contributed by atoms with Crippen molar-refractivity contribution in [2.75, 3.05) is 11.5 Å². The topological polar surface area (TPSA) is 78.0 Å². The summed E-state index contributed by atoms with van der Waals surface area (Å²) >= 11 is 0. The summed E-state index contributed by atoms with van der Waals surface area (Å²) in [5.41, 5.74) is 6.74. The first-order chi connectivity index (χ1) is 7.48. The maximum atomic E-state index is 11.3. The molecule has 1 aliphatic heterocycles. The van der Waals surface area contributed by atoms with Crippen LogP contribution in [-0.2, 0) is 9.84 Å². The van der Waals surface area contributed by atoms with Gasteiger partial charge in [0.1, 0.15) is 9.84 Å². The summed E-state index contributed by atoms with van der Waals surface area (Å²) in [6.07, 6.45) is 4.99. The van der Waals surface area contributed by atoms with Crippen LogP contribution in [0.4, 0.5) is 0 Å². The van der Waals surface area contributed by atoms with E-state index in [4.69, 9.17) is 5.73 Å². The van der Waals surface area contributed by atoms with E-state index in [0.717, 1.165) is 5.56 Å². The van der Waals surface area contributed by atoms with Crippen molar-refractivity contribution < 1.29 is 8.42 Å². The van der Waals surface area contributed by atoms with E-state index in [-0.39, 0.29) is 23.6 Å². The molecule has 0 amide bonds. The predicted octanol–water partition coefficient (Wildman–Crippen LogP) is 0.652. The Kier molecular flexibility index (Phi) is 3.03. The van der Waals surface area contributed by atoms with E-state index in [1.807, 2.05) is 17.8 Å². The second-order valence-electron chi connectivity index (χ2n) is 4.43. The molecular formula is C10H17N3O2S. The van der Waals surface area contributed by atoms with Gasteiger partial charge in [0.15, 0.2) is 0 Å². The Balaban J connectivity index is 2.08. The second kappa shape index (κ2) is 4.18. The summed E-state index contributed by atoms with van der Waals surface area (Å²) in [5.74, 6) is 0.538. The van der Waals surface area contributed by atoms with Gasteiger partial charge in [-0.1, -0.05) is 0 Å². The smallest absolute Gasteiger partial charge is 0.150 e. The predicted molar refractivity (Wildman–Crippen MR) is 61.8 cm³/mol. The van der Waals surface area contributed by atoms with Crippen LogP contribution >= 0.6 is 0 Å². The Bertz CT molecular complexity index is 450. The van der Waals surface area contributed by atoms with Crippen LogP contribution in [-0.4, -0.2) is 29.7 Å². The average molecular weight is 243 g/mol. The van der Waals surface area contributed by atoms with Crippen LogP contribution < -0.4 is 5.73 Å². The SMILES string of the molecule is CC(N)c1cnn(C2CCS(=O)(=O)CC2)c1. The molecule has 0 saturated carbocycles. The van der Waals surface area contributed by atoms with Gasteiger partial charge in [-0.3, -0.25) is 4.68 Å². The quantitative estimate of drug-likeness (QED) is 0.827. The lowest BCUT2D eigenvalue weighted by molar-refractivity contribution is 0.413. The van der Waals surface area contributed by atoms with Gasteiger partial charge in [0.05, 0.1) is 23.7 Å². The number of hydrogen-bond acceptors (Lipinski definition) is 4. The lowest BCUT2D eigenvalue weighted by atomic mass is 10.1. The molecule has 2 heterocycles. The lowest BCUT2D eigenvalue weighted by Gasteiger charge is -2.22. The van der Waals surface area contributed by atoms with Crippen molar-refractivity contribution in [1.82, 2.24) is 9.78 Å². The number of rotatable bonds is 2. The molecule has 5 nitrogen and oxygen atoms in total. The highest BCUT2D eigenvalue weighted by Crippen LogP contribution is 2.24. The van der Waals surface area contributed by atoms with E-state index in [1.165, 1.54) is 0 Å². The van der Waals surface area contributed by atoms with Crippen molar-refractivity contribution in [3.05, 3.63) is 18.0 Å². The summed E-state index contributed by atoms with van der Waals surface area (Å²) in [7, 11) is -2.80. The van der Waals surface area contributed by atoms with E-state index in [1.54, 1.807) is 6.20 Å². The van der Waals surface area contributed by atoms with Crippen molar-refractivity contribution in [3.63, 3.8) is 0 Å². The first-order valence-electron chi connectivity index (χ1n) is 5.48. The van der Waals surface area contributed by atoms with Gasteiger partial charge < -0.3 is 5.73 Å². The van der Waals surface area contributed by atoms with E-state index in [2.05, 4.69) is 5.10 Å². The molecule has 0 aliphatic carbocycles. The minimum absolute atomic E-state index is 0.0268. The Morgan fingerprint density at radius 3 is 2.62 bits per heavy atom. The Morgan fingerprint density at radius 2 is 2.12 bits per heavy atom. The van der Waals surface area contributed by atoms with Gasteiger partial charge in [-0.05, 0) is 19.8 Å². The maximum absolute atomic E-state index is 11.3. The molecule has 1 aliphatic rings. The maximum Gasteiger partial charge on any atom is 0.150 e. The molecule has 1 aromatic rings. The lowest BCUT2D eigenvalue weighted by Crippen LogP contribution is -2.25. The zero-order valence-corrected chi connectivity index (χ0v) is 10.2. The van der Waals surface area contributed by atoms with Crippen molar-refractivity contribution in [1.29, 1.82) is 0 Å². The molecule has 0 aromatic carbocycles. The molecule has 1 aromatic heterocycles. The van der Waals surface area contributed by atoms with Crippen LogP contribution in [0.15, 0.2) is 12.4 Å². The molecular weight excluding hydrogens is 226 g/mol. The summed E-state index contributed by atoms with van der Waals surface area (Å²) in [4.78, 5) is 0. The van der Waals surface area contributed by atoms with Gasteiger partial charge in [-0.2, -0.15) is 5.10 Å². The molecule has 1 saturated heterocycles. The minimum Gasteiger partial charge on any atom is -0.324 e. The van der Waals surface area contributed by atoms with Crippen LogP contribution in [0.3, 0.4) is 0 Å². The molecule has 2 N–H and O–H groups in total. The summed E-state index contributed by atoms with van der Waals surface area (Å²) < 4.78 is 24.4. The van der Waals surface area contributed by atoms with Crippen molar-refractivity contribution >= 4 is 9.84 Å². The fourth-order valence-corrected chi connectivity index (χ4v) is 3.40. The van der Waals surface area contributed by atoms with Gasteiger partial charge >= 0.3 is 0 Å². The standard InChI is InChI=1S/C10H17N3O2S/c1-8(11)9-6-12-13(7-9)10-2-4-16(14,15)5-3-10/h6-8,10H,2-5,11H2,1H3. The third-order valence-electron chi connectivity index (χ3n) is 3.05. The average Bonchev–Trinajstić information content (AvgIpc) is 2.66. The highest BCUT2D eigenvalue weighted by atomic mass is 32.2. The van der Waals surface area contributed by atoms with E-state index in [0.29, 0.717) is 12.8 Å². The third kappa shape index (κ3) is 2.44. The van der Waals surface area contributed by atoms with Gasteiger partial charge in [0.2, 0.25) is 0 Å². The van der Waals surface area contributed by atoms with E-state index < -0.39 is 9.84 Å². The molecule has 0 bridgehead atoms. The number of nitrogens with zero attached hydrogens (tertiary/aromatic N) is 2. The Hall–Kier alpha value is -0.880. The van der Waals surface area contributed by atoms with E-state index in [9.17, 15) is 8.42 Å². The van der Waals surface area contributed by atoms with Crippen molar-refractivity contribution in [2.45, 2.75) is 31.8 Å². The molecule has 16 heavy (non-hydrogen) atoms. The summed E-state index contributed by atoms with van der Waals surface area (Å²) in [6, 6.07) is 0.178. The fourth-order valence-electron chi connectivity index (χ4n) is 1.93. The van der Waals surface area contributed by atoms with Gasteiger partial charge in [0, 0.05) is 17.8 Å². The summed E-state index contributed by atoms with van der Waals surface area (Å²) in [5, 5.41) is 4.25. The molecule has 1 atom stereocenters. The normalized spacial score (nSPS) is 23.1. The Morgan fingerprint density at radius 1 is 1.50 bits per heavy atom. The summed E-state index contributed by atoms with van der Waals surface area (Å²) in [6.45, 7) is 1.91. The monoisotopic (exact) mass is 243 g/mol. The zero-order valence-electron chi connectivity index (χ0n) is 9.33. The number of hydrogen-bond donors (Lipinski definition) is 1. The molecule has 0 radical (unpaired) electrons. The molecule has 2 rings (SSSR count). The van der Waals surface area contributed by atoms with E-state index >= 15 is 0 Å². The largest absolute Gasteiger partial charge is 0.324 e. The van der Waals surface area contributed by atoms with Gasteiger partial charge in [0.25, 0.3) is 0 Å². The van der Waals surface area contributed by atoms with Crippen LogP contribution in [0.25, 0.3) is 0 Å². The number of aromatic nitrogens is 2. The van der Waals surface area contributed by atoms with Gasteiger partial charge in [-0.15, -0.1) is 0 Å². The van der Waals surface area contributed by atoms with Crippen LogP contribution in [0.2, 0.25) is 0 Å². The first kappa shape index (κ1) is 11.6. The van der Waals surface area contributed by atoms with Crippen molar-refractivity contribution in [2.24, 2.45) is 5.73 Å². The molecule has 6 heteroatoms. The highest BCUT2D eigenvalue weighted by Gasteiger charge is 2.25. The third-order valence-corrected chi connectivity index (χ3v) is 4.76. The highest BCUT2D eigenvalue weighted by molar-refractivity contribution is 7.91. The van der Waals surface area contributed by atoms with Gasteiger partial charge in [-0.25, -0.2) is 8.42 Å². The second-order valence-corrected chi connectivity index (χ2v) is 6.73. The molecule has 1 fully saturated rings. The minimum atomic E-state index is -2.80. The molecule has 90 valence electrons. The van der Waals surface area contributed by atoms with Crippen LogP contribution in [0, 0.1) is 0 Å². The zero-order chi connectivity index (χ0) is 11.8. The van der Waals surface area contributed by atoms with Crippen LogP contribution in [0.1, 0.15) is 37.4 Å². The first-order valence-corrected chi connectivity index (χ1v) is 7.30. The molecule has 1 unspecified atom stereocenters. The van der Waals surface area contributed by atoms with Crippen molar-refractivity contribution in [3.8, 4) is 0 Å². The molecule has 0 spiro atoms. The number of nitrogens with two attached hydrogens (primary N) is 1. The Labute approximate surface area is 95.6 Å². The number of sulfone groups is 1. The van der Waals surface area contributed by atoms with Crippen LogP contribution in [0.5, 0.6) is 0 Å². The fraction of sp³-hybridized carbons (Fsp3) is 0.700.